The van der Waals surface area contributed by atoms with Crippen molar-refractivity contribution in [1.29, 1.82) is 5.26 Å². The molecule has 102 valence electrons. The highest BCUT2D eigenvalue weighted by Gasteiger charge is 2.20. The Balaban J connectivity index is 1.80. The maximum atomic E-state index is 12.4. The molecule has 1 aliphatic heterocycles. The summed E-state index contributed by atoms with van der Waals surface area (Å²) >= 11 is 0. The molecule has 0 N–H and O–H groups in total. The highest BCUT2D eigenvalue weighted by molar-refractivity contribution is 5.96. The van der Waals surface area contributed by atoms with Crippen LogP contribution in [0.2, 0.25) is 0 Å². The highest BCUT2D eigenvalue weighted by atomic mass is 16.5. The number of benzene rings is 2. The molecular weight excluding hydrogens is 262 g/mol. The molecule has 1 atom stereocenters. The summed E-state index contributed by atoms with van der Waals surface area (Å²) in [6.45, 7) is 0. The topological polar surface area (TPSA) is 50.1 Å². The molecule has 1 aliphatic rings. The van der Waals surface area contributed by atoms with Crippen LogP contribution in [0.1, 0.15) is 33.8 Å². The van der Waals surface area contributed by atoms with Crippen molar-refractivity contribution in [3.8, 4) is 11.8 Å². The average molecular weight is 275 g/mol. The fourth-order valence-corrected chi connectivity index (χ4v) is 2.43. The van der Waals surface area contributed by atoms with Gasteiger partial charge in [0.2, 0.25) is 0 Å². The van der Waals surface area contributed by atoms with Crippen molar-refractivity contribution in [3.05, 3.63) is 77.6 Å². The number of para-hydroxylation sites is 1. The van der Waals surface area contributed by atoms with Crippen molar-refractivity contribution in [3.63, 3.8) is 0 Å². The van der Waals surface area contributed by atoms with Crippen molar-refractivity contribution in [1.82, 2.24) is 0 Å². The van der Waals surface area contributed by atoms with Crippen LogP contribution >= 0.6 is 0 Å². The fraction of sp³-hybridized carbons (Fsp3) is 0.111. The Morgan fingerprint density at radius 2 is 1.90 bits per heavy atom. The molecule has 1 heterocycles. The largest absolute Gasteiger partial charge is 0.465 e. The van der Waals surface area contributed by atoms with Gasteiger partial charge in [0.1, 0.15) is 5.75 Å². The van der Waals surface area contributed by atoms with Crippen LogP contribution in [0.25, 0.3) is 0 Å². The van der Waals surface area contributed by atoms with E-state index in [4.69, 9.17) is 10.00 Å². The molecule has 3 rings (SSSR count). The van der Waals surface area contributed by atoms with Crippen LogP contribution in [0, 0.1) is 11.3 Å². The number of hydrogen-bond donors (Lipinski definition) is 0. The highest BCUT2D eigenvalue weighted by Crippen LogP contribution is 2.34. The molecule has 0 aromatic heterocycles. The number of carbonyl (C=O) groups is 1. The molecule has 21 heavy (non-hydrogen) atoms. The quantitative estimate of drug-likeness (QED) is 0.800. The third kappa shape index (κ3) is 2.70. The molecular formula is C18H13NO2. The van der Waals surface area contributed by atoms with Crippen LogP contribution in [-0.2, 0) is 0 Å². The Bertz CT molecular complexity index is 739. The lowest BCUT2D eigenvalue weighted by Crippen LogP contribution is -2.10. The zero-order valence-corrected chi connectivity index (χ0v) is 11.3. The van der Waals surface area contributed by atoms with Crippen LogP contribution in [0.5, 0.6) is 5.75 Å². The van der Waals surface area contributed by atoms with E-state index in [1.165, 1.54) is 0 Å². The van der Waals surface area contributed by atoms with Crippen molar-refractivity contribution < 1.29 is 9.53 Å². The van der Waals surface area contributed by atoms with Gasteiger partial charge in [-0.05, 0) is 24.3 Å². The van der Waals surface area contributed by atoms with E-state index >= 15 is 0 Å². The lowest BCUT2D eigenvalue weighted by atomic mass is 9.90. The molecule has 0 spiro atoms. The van der Waals surface area contributed by atoms with Gasteiger partial charge in [-0.15, -0.1) is 0 Å². The van der Waals surface area contributed by atoms with Gasteiger partial charge in [-0.25, -0.2) is 0 Å². The first kappa shape index (κ1) is 13.1. The Morgan fingerprint density at radius 1 is 1.14 bits per heavy atom. The third-order valence-corrected chi connectivity index (χ3v) is 3.57. The monoisotopic (exact) mass is 275 g/mol. The maximum absolute atomic E-state index is 12.4. The predicted octanol–water partition coefficient (Wildman–Crippen LogP) is 3.82. The zero-order chi connectivity index (χ0) is 14.7. The lowest BCUT2D eigenvalue weighted by molar-refractivity contribution is 0.0977. The number of hydrogen-bond acceptors (Lipinski definition) is 3. The predicted molar refractivity (Wildman–Crippen MR) is 79.1 cm³/mol. The molecule has 1 unspecified atom stereocenters. The second-order valence-corrected chi connectivity index (χ2v) is 4.91. The fourth-order valence-electron chi connectivity index (χ4n) is 2.43. The first-order valence-electron chi connectivity index (χ1n) is 6.73. The first-order chi connectivity index (χ1) is 10.3. The average Bonchev–Trinajstić information content (AvgIpc) is 2.55. The molecule has 3 nitrogen and oxygen atoms in total. The number of nitriles is 1. The molecule has 0 fully saturated rings. The Hall–Kier alpha value is -2.86. The van der Waals surface area contributed by atoms with Crippen LogP contribution in [0.4, 0.5) is 0 Å². The van der Waals surface area contributed by atoms with E-state index in [9.17, 15) is 4.79 Å². The molecule has 2 aromatic rings. The molecule has 2 aromatic carbocycles. The van der Waals surface area contributed by atoms with E-state index < -0.39 is 0 Å². The number of rotatable bonds is 3. The van der Waals surface area contributed by atoms with Crippen LogP contribution in [0.15, 0.2) is 60.9 Å². The molecule has 3 heteroatoms. The summed E-state index contributed by atoms with van der Waals surface area (Å²) in [4.78, 5) is 12.4. The zero-order valence-electron chi connectivity index (χ0n) is 11.3. The maximum Gasteiger partial charge on any atom is 0.163 e. The second-order valence-electron chi connectivity index (χ2n) is 4.91. The minimum absolute atomic E-state index is 0.0260. The van der Waals surface area contributed by atoms with Gasteiger partial charge in [-0.1, -0.05) is 30.3 Å². The molecule has 0 saturated carbocycles. The van der Waals surface area contributed by atoms with Crippen LogP contribution in [0.3, 0.4) is 0 Å². The van der Waals surface area contributed by atoms with Gasteiger partial charge in [0, 0.05) is 23.5 Å². The molecule has 0 amide bonds. The minimum atomic E-state index is 0.0260. The summed E-state index contributed by atoms with van der Waals surface area (Å²) in [6.07, 6.45) is 3.94. The SMILES string of the molecule is N#Cc1ccc(C(=O)CC2C=COc3ccccc32)cc1. The number of ether oxygens (including phenoxy) is 1. The lowest BCUT2D eigenvalue weighted by Gasteiger charge is -2.20. The molecule has 0 aliphatic carbocycles. The van der Waals surface area contributed by atoms with Crippen LogP contribution in [-0.4, -0.2) is 5.78 Å². The Labute approximate surface area is 123 Å². The van der Waals surface area contributed by atoms with Crippen molar-refractivity contribution in [2.75, 3.05) is 0 Å². The summed E-state index contributed by atoms with van der Waals surface area (Å²) in [6, 6.07) is 16.5. The van der Waals surface area contributed by atoms with E-state index in [0.29, 0.717) is 17.5 Å². The molecule has 0 radical (unpaired) electrons. The van der Waals surface area contributed by atoms with E-state index in [0.717, 1.165) is 11.3 Å². The van der Waals surface area contributed by atoms with Gasteiger partial charge in [0.15, 0.2) is 5.78 Å². The number of ketones is 1. The third-order valence-electron chi connectivity index (χ3n) is 3.57. The summed E-state index contributed by atoms with van der Waals surface area (Å²) in [7, 11) is 0. The van der Waals surface area contributed by atoms with E-state index in [1.54, 1.807) is 30.5 Å². The van der Waals surface area contributed by atoms with Gasteiger partial charge in [0.25, 0.3) is 0 Å². The Morgan fingerprint density at radius 3 is 2.67 bits per heavy atom. The second kappa shape index (κ2) is 5.64. The van der Waals surface area contributed by atoms with E-state index in [1.807, 2.05) is 36.4 Å². The summed E-state index contributed by atoms with van der Waals surface area (Å²) in [5.74, 6) is 0.890. The van der Waals surface area contributed by atoms with E-state index in [-0.39, 0.29) is 11.7 Å². The van der Waals surface area contributed by atoms with Gasteiger partial charge in [0.05, 0.1) is 17.9 Å². The minimum Gasteiger partial charge on any atom is -0.465 e. The van der Waals surface area contributed by atoms with Crippen LogP contribution < -0.4 is 4.74 Å². The van der Waals surface area contributed by atoms with Crippen molar-refractivity contribution in [2.24, 2.45) is 0 Å². The van der Waals surface area contributed by atoms with Gasteiger partial charge < -0.3 is 4.74 Å². The summed E-state index contributed by atoms with van der Waals surface area (Å²) in [5, 5.41) is 8.78. The number of carbonyl (C=O) groups excluding carboxylic acids is 1. The number of nitrogens with zero attached hydrogens (tertiary/aromatic N) is 1. The summed E-state index contributed by atoms with van der Waals surface area (Å²) in [5.41, 5.74) is 2.22. The summed E-state index contributed by atoms with van der Waals surface area (Å²) < 4.78 is 5.44. The van der Waals surface area contributed by atoms with E-state index in [2.05, 4.69) is 0 Å². The number of allylic oxidation sites excluding steroid dienone is 1. The van der Waals surface area contributed by atoms with Gasteiger partial charge >= 0.3 is 0 Å². The Kier molecular flexibility index (Phi) is 3.53. The smallest absolute Gasteiger partial charge is 0.163 e. The molecule has 0 bridgehead atoms. The van der Waals surface area contributed by atoms with Gasteiger partial charge in [-0.3, -0.25) is 4.79 Å². The standard InChI is InChI=1S/C18H13NO2/c19-12-13-5-7-14(8-6-13)17(20)11-15-9-10-21-18-4-2-1-3-16(15)18/h1-10,15H,11H2. The normalized spacial score (nSPS) is 15.7. The molecule has 0 saturated heterocycles. The van der Waals surface area contributed by atoms with Crippen molar-refractivity contribution >= 4 is 5.78 Å². The number of fused-ring (bicyclic) bond motifs is 1. The number of Topliss-reactive ketones (excluding diaryl/α,β-unsaturated/α-hetero) is 1. The first-order valence-corrected chi connectivity index (χ1v) is 6.73. The van der Waals surface area contributed by atoms with Gasteiger partial charge in [-0.2, -0.15) is 5.26 Å². The van der Waals surface area contributed by atoms with Crippen molar-refractivity contribution in [2.45, 2.75) is 12.3 Å².